The van der Waals surface area contributed by atoms with Gasteiger partial charge in [0.1, 0.15) is 0 Å². The Morgan fingerprint density at radius 1 is 0.609 bits per heavy atom. The molecule has 2 aromatic rings. The molecule has 0 spiro atoms. The number of unbranched alkanes of at least 4 members (excludes halogenated alkanes) is 1. The van der Waals surface area contributed by atoms with Gasteiger partial charge in [-0.2, -0.15) is 0 Å². The second-order valence-corrected chi connectivity index (χ2v) is 6.37. The standard InChI is InChI=1S/C22H31N/c1-2-3-18-23(19-10-16-21-12-6-4-7-13-21)20-11-17-22-14-8-5-9-15-22/h4-9,12-15H,2-3,10-11,16-20H2,1H3. The van der Waals surface area contributed by atoms with E-state index >= 15 is 0 Å². The van der Waals surface area contributed by atoms with Crippen LogP contribution in [0.1, 0.15) is 43.7 Å². The van der Waals surface area contributed by atoms with E-state index in [9.17, 15) is 0 Å². The zero-order chi connectivity index (χ0) is 16.2. The average Bonchev–Trinajstić information content (AvgIpc) is 2.61. The Balaban J connectivity index is 1.70. The Morgan fingerprint density at radius 2 is 1.04 bits per heavy atom. The lowest BCUT2D eigenvalue weighted by atomic mass is 10.1. The van der Waals surface area contributed by atoms with Gasteiger partial charge in [0.25, 0.3) is 0 Å². The minimum Gasteiger partial charge on any atom is -0.303 e. The van der Waals surface area contributed by atoms with Gasteiger partial charge in [-0.1, -0.05) is 74.0 Å². The number of hydrogen-bond acceptors (Lipinski definition) is 1. The minimum atomic E-state index is 1.20. The largest absolute Gasteiger partial charge is 0.303 e. The highest BCUT2D eigenvalue weighted by Crippen LogP contribution is 2.07. The Morgan fingerprint density at radius 3 is 1.48 bits per heavy atom. The summed E-state index contributed by atoms with van der Waals surface area (Å²) in [5, 5.41) is 0. The smallest absolute Gasteiger partial charge is 0.00156 e. The summed E-state index contributed by atoms with van der Waals surface area (Å²) in [5.74, 6) is 0. The van der Waals surface area contributed by atoms with E-state index in [2.05, 4.69) is 72.5 Å². The third kappa shape index (κ3) is 7.47. The predicted molar refractivity (Wildman–Crippen MR) is 101 cm³/mol. The number of rotatable bonds is 11. The molecule has 0 N–H and O–H groups in total. The van der Waals surface area contributed by atoms with Crippen LogP contribution in [0.3, 0.4) is 0 Å². The van der Waals surface area contributed by atoms with Gasteiger partial charge < -0.3 is 4.90 Å². The van der Waals surface area contributed by atoms with Crippen LogP contribution in [0.15, 0.2) is 60.7 Å². The summed E-state index contributed by atoms with van der Waals surface area (Å²) in [5.41, 5.74) is 2.93. The van der Waals surface area contributed by atoms with E-state index in [1.807, 2.05) is 0 Å². The number of nitrogens with zero attached hydrogens (tertiary/aromatic N) is 1. The molecule has 0 fully saturated rings. The Kier molecular flexibility index (Phi) is 8.50. The van der Waals surface area contributed by atoms with Gasteiger partial charge in [0.2, 0.25) is 0 Å². The summed E-state index contributed by atoms with van der Waals surface area (Å²) in [6, 6.07) is 21.7. The summed E-state index contributed by atoms with van der Waals surface area (Å²) < 4.78 is 0. The first-order valence-corrected chi connectivity index (χ1v) is 9.18. The van der Waals surface area contributed by atoms with Crippen LogP contribution in [-0.4, -0.2) is 24.5 Å². The lowest BCUT2D eigenvalue weighted by Gasteiger charge is -2.22. The molecule has 0 aliphatic heterocycles. The van der Waals surface area contributed by atoms with E-state index in [1.165, 1.54) is 69.3 Å². The normalized spacial score (nSPS) is 11.0. The van der Waals surface area contributed by atoms with Crippen molar-refractivity contribution in [3.05, 3.63) is 71.8 Å². The molecule has 0 radical (unpaired) electrons. The predicted octanol–water partition coefficient (Wildman–Crippen LogP) is 5.35. The second-order valence-electron chi connectivity index (χ2n) is 6.37. The van der Waals surface area contributed by atoms with Crippen LogP contribution in [0, 0.1) is 0 Å². The number of aryl methyl sites for hydroxylation is 2. The molecule has 0 saturated heterocycles. The van der Waals surface area contributed by atoms with Crippen molar-refractivity contribution in [2.24, 2.45) is 0 Å². The van der Waals surface area contributed by atoms with Crippen molar-refractivity contribution in [2.75, 3.05) is 19.6 Å². The van der Waals surface area contributed by atoms with Crippen LogP contribution >= 0.6 is 0 Å². The van der Waals surface area contributed by atoms with Crippen LogP contribution in [0.4, 0.5) is 0 Å². The molecular weight excluding hydrogens is 278 g/mol. The van der Waals surface area contributed by atoms with Crippen molar-refractivity contribution in [3.63, 3.8) is 0 Å². The first kappa shape index (κ1) is 17.7. The zero-order valence-corrected chi connectivity index (χ0v) is 14.6. The molecular formula is C22H31N. The van der Waals surface area contributed by atoms with E-state index in [4.69, 9.17) is 0 Å². The first-order valence-electron chi connectivity index (χ1n) is 9.18. The topological polar surface area (TPSA) is 3.24 Å². The van der Waals surface area contributed by atoms with E-state index in [0.29, 0.717) is 0 Å². The lowest BCUT2D eigenvalue weighted by molar-refractivity contribution is 0.263. The molecule has 0 aromatic heterocycles. The third-order valence-corrected chi connectivity index (χ3v) is 4.39. The van der Waals surface area contributed by atoms with Gasteiger partial charge in [0, 0.05) is 0 Å². The first-order chi connectivity index (χ1) is 11.4. The average molecular weight is 309 g/mol. The summed E-state index contributed by atoms with van der Waals surface area (Å²) in [4.78, 5) is 2.66. The van der Waals surface area contributed by atoms with Crippen LogP contribution < -0.4 is 0 Å². The van der Waals surface area contributed by atoms with Gasteiger partial charge in [0.15, 0.2) is 0 Å². The van der Waals surface area contributed by atoms with Crippen molar-refractivity contribution in [1.82, 2.24) is 4.90 Å². The van der Waals surface area contributed by atoms with Crippen molar-refractivity contribution in [2.45, 2.75) is 45.4 Å². The van der Waals surface area contributed by atoms with Gasteiger partial charge in [-0.15, -0.1) is 0 Å². The zero-order valence-electron chi connectivity index (χ0n) is 14.6. The Bertz CT molecular complexity index is 461. The molecule has 124 valence electrons. The molecule has 2 aromatic carbocycles. The summed E-state index contributed by atoms with van der Waals surface area (Å²) in [6.45, 7) is 5.99. The molecule has 0 atom stereocenters. The van der Waals surface area contributed by atoms with Crippen LogP contribution in [0.2, 0.25) is 0 Å². The van der Waals surface area contributed by atoms with Gasteiger partial charge in [-0.25, -0.2) is 0 Å². The maximum atomic E-state index is 2.66. The van der Waals surface area contributed by atoms with Crippen LogP contribution in [0.25, 0.3) is 0 Å². The lowest BCUT2D eigenvalue weighted by Crippen LogP contribution is -2.28. The molecule has 2 rings (SSSR count). The minimum absolute atomic E-state index is 1.20. The molecule has 0 saturated carbocycles. The molecule has 1 heteroatoms. The third-order valence-electron chi connectivity index (χ3n) is 4.39. The fraction of sp³-hybridized carbons (Fsp3) is 0.455. The molecule has 0 bridgehead atoms. The van der Waals surface area contributed by atoms with E-state index in [1.54, 1.807) is 0 Å². The number of benzene rings is 2. The fourth-order valence-corrected chi connectivity index (χ4v) is 3.02. The quantitative estimate of drug-likeness (QED) is 0.540. The van der Waals surface area contributed by atoms with Gasteiger partial charge in [-0.05, 0) is 62.9 Å². The Hall–Kier alpha value is -1.60. The van der Waals surface area contributed by atoms with Crippen molar-refractivity contribution < 1.29 is 0 Å². The van der Waals surface area contributed by atoms with Gasteiger partial charge >= 0.3 is 0 Å². The molecule has 0 aliphatic rings. The maximum Gasteiger partial charge on any atom is -0.00156 e. The highest BCUT2D eigenvalue weighted by atomic mass is 15.1. The molecule has 0 unspecified atom stereocenters. The molecule has 0 aliphatic carbocycles. The highest BCUT2D eigenvalue weighted by Gasteiger charge is 2.05. The monoisotopic (exact) mass is 309 g/mol. The molecule has 23 heavy (non-hydrogen) atoms. The SMILES string of the molecule is CCCCN(CCCc1ccccc1)CCCc1ccccc1. The van der Waals surface area contributed by atoms with E-state index in [0.717, 1.165) is 0 Å². The van der Waals surface area contributed by atoms with Gasteiger partial charge in [0.05, 0.1) is 0 Å². The molecule has 0 heterocycles. The number of hydrogen-bond donors (Lipinski definition) is 0. The van der Waals surface area contributed by atoms with E-state index < -0.39 is 0 Å². The van der Waals surface area contributed by atoms with Crippen molar-refractivity contribution >= 4 is 0 Å². The van der Waals surface area contributed by atoms with Gasteiger partial charge in [-0.3, -0.25) is 0 Å². The fourth-order valence-electron chi connectivity index (χ4n) is 3.02. The molecule has 1 nitrogen and oxygen atoms in total. The second kappa shape index (κ2) is 11.0. The maximum absolute atomic E-state index is 2.66. The molecule has 0 amide bonds. The summed E-state index contributed by atoms with van der Waals surface area (Å²) in [6.07, 6.45) is 7.52. The summed E-state index contributed by atoms with van der Waals surface area (Å²) >= 11 is 0. The van der Waals surface area contributed by atoms with Crippen molar-refractivity contribution in [1.29, 1.82) is 0 Å². The van der Waals surface area contributed by atoms with Crippen molar-refractivity contribution in [3.8, 4) is 0 Å². The Labute approximate surface area is 142 Å². The van der Waals surface area contributed by atoms with Crippen LogP contribution in [-0.2, 0) is 12.8 Å². The summed E-state index contributed by atoms with van der Waals surface area (Å²) in [7, 11) is 0. The highest BCUT2D eigenvalue weighted by molar-refractivity contribution is 5.15. The van der Waals surface area contributed by atoms with Crippen LogP contribution in [0.5, 0.6) is 0 Å². The van der Waals surface area contributed by atoms with E-state index in [-0.39, 0.29) is 0 Å².